The van der Waals surface area contributed by atoms with Crippen molar-refractivity contribution < 1.29 is 0 Å². The molecule has 0 aliphatic carbocycles. The van der Waals surface area contributed by atoms with Gasteiger partial charge in [0.1, 0.15) is 0 Å². The summed E-state index contributed by atoms with van der Waals surface area (Å²) in [6.07, 6.45) is 13.1. The van der Waals surface area contributed by atoms with Crippen LogP contribution in [-0.4, -0.2) is 0 Å². The van der Waals surface area contributed by atoms with Gasteiger partial charge in [-0.2, -0.15) is 0 Å². The molecule has 0 amide bonds. The van der Waals surface area contributed by atoms with E-state index in [1.54, 1.807) is 20.9 Å². The molecule has 0 unspecified atom stereocenters. The number of hydrogen-bond donors (Lipinski definition) is 0. The lowest BCUT2D eigenvalue weighted by Gasteiger charge is -2.09. The minimum atomic E-state index is 1.21. The molecule has 3 rings (SSSR count). The number of aryl methyl sites for hydroxylation is 5. The summed E-state index contributed by atoms with van der Waals surface area (Å²) >= 11 is 3.99. The molecule has 0 aliphatic rings. The Kier molecular flexibility index (Phi) is 9.41. The molecular weight excluding hydrogens is 412 g/mol. The number of rotatable bonds is 12. The average Bonchev–Trinajstić information content (AvgIpc) is 3.34. The van der Waals surface area contributed by atoms with Crippen LogP contribution in [0.4, 0.5) is 0 Å². The van der Waals surface area contributed by atoms with E-state index in [2.05, 4.69) is 64.3 Å². The van der Waals surface area contributed by atoms with Gasteiger partial charge >= 0.3 is 0 Å². The molecule has 0 saturated heterocycles. The third kappa shape index (κ3) is 6.33. The van der Waals surface area contributed by atoms with Gasteiger partial charge in [-0.05, 0) is 91.8 Å². The lowest BCUT2D eigenvalue weighted by molar-refractivity contribution is 0.666. The largest absolute Gasteiger partial charge is 0.143 e. The van der Waals surface area contributed by atoms with Gasteiger partial charge in [-0.25, -0.2) is 0 Å². The van der Waals surface area contributed by atoms with Crippen molar-refractivity contribution in [3.8, 4) is 20.2 Å². The minimum absolute atomic E-state index is 1.21. The zero-order chi connectivity index (χ0) is 22.2. The third-order valence-electron chi connectivity index (χ3n) is 6.28. The molecule has 0 aliphatic heterocycles. The van der Waals surface area contributed by atoms with Crippen LogP contribution in [0.1, 0.15) is 93.0 Å². The van der Waals surface area contributed by atoms with Gasteiger partial charge < -0.3 is 0 Å². The highest BCUT2D eigenvalue weighted by Crippen LogP contribution is 2.44. The minimum Gasteiger partial charge on any atom is -0.143 e. The normalized spacial score (nSPS) is 11.4. The van der Waals surface area contributed by atoms with Crippen LogP contribution in [0.25, 0.3) is 20.2 Å². The van der Waals surface area contributed by atoms with E-state index in [1.807, 2.05) is 22.7 Å². The highest BCUT2D eigenvalue weighted by molar-refractivity contribution is 7.23. The molecule has 1 aromatic carbocycles. The standard InChI is InChI=1S/C29H40S2/c1-6-8-10-12-14-24-16-17-30-28(24)29-25(15-13-11-9-7-2)20-26(31-29)27-22(4)18-21(3)19-23(27)5/h16-20H,6-15H2,1-5H3. The summed E-state index contributed by atoms with van der Waals surface area (Å²) in [5, 5.41) is 2.31. The molecule has 2 heteroatoms. The van der Waals surface area contributed by atoms with E-state index in [0.717, 1.165) is 0 Å². The van der Waals surface area contributed by atoms with Crippen LogP contribution in [0.2, 0.25) is 0 Å². The van der Waals surface area contributed by atoms with Crippen molar-refractivity contribution in [2.24, 2.45) is 0 Å². The molecule has 0 radical (unpaired) electrons. The first-order valence-corrected chi connectivity index (χ1v) is 14.0. The van der Waals surface area contributed by atoms with Crippen LogP contribution < -0.4 is 0 Å². The first-order chi connectivity index (χ1) is 15.0. The zero-order valence-electron chi connectivity index (χ0n) is 20.3. The maximum Gasteiger partial charge on any atom is 0.0483 e. The van der Waals surface area contributed by atoms with E-state index in [4.69, 9.17) is 0 Å². The second kappa shape index (κ2) is 12.0. The van der Waals surface area contributed by atoms with E-state index in [-0.39, 0.29) is 0 Å². The molecule has 31 heavy (non-hydrogen) atoms. The molecular formula is C29H40S2. The molecule has 0 nitrogen and oxygen atoms in total. The fourth-order valence-corrected chi connectivity index (χ4v) is 7.27. The van der Waals surface area contributed by atoms with Crippen LogP contribution in [0, 0.1) is 20.8 Å². The van der Waals surface area contributed by atoms with Gasteiger partial charge in [-0.15, -0.1) is 22.7 Å². The van der Waals surface area contributed by atoms with Crippen LogP contribution in [0.3, 0.4) is 0 Å². The summed E-state index contributed by atoms with van der Waals surface area (Å²) in [5.74, 6) is 0. The molecule has 2 aromatic heterocycles. The Labute approximate surface area is 198 Å². The van der Waals surface area contributed by atoms with Crippen LogP contribution in [0.15, 0.2) is 29.6 Å². The van der Waals surface area contributed by atoms with Crippen molar-refractivity contribution in [3.63, 3.8) is 0 Å². The van der Waals surface area contributed by atoms with Crippen LogP contribution in [-0.2, 0) is 12.8 Å². The lowest BCUT2D eigenvalue weighted by atomic mass is 9.97. The molecule has 0 fully saturated rings. The second-order valence-electron chi connectivity index (χ2n) is 9.14. The van der Waals surface area contributed by atoms with Gasteiger partial charge in [-0.3, -0.25) is 0 Å². The average molecular weight is 453 g/mol. The fourth-order valence-electron chi connectivity index (χ4n) is 4.71. The van der Waals surface area contributed by atoms with Crippen molar-refractivity contribution in [3.05, 3.63) is 57.5 Å². The number of benzene rings is 1. The maximum absolute atomic E-state index is 2.52. The second-order valence-corrected chi connectivity index (χ2v) is 11.1. The smallest absolute Gasteiger partial charge is 0.0483 e. The molecule has 0 bridgehead atoms. The first-order valence-electron chi connectivity index (χ1n) is 12.3. The molecule has 168 valence electrons. The van der Waals surface area contributed by atoms with Crippen molar-refractivity contribution >= 4 is 22.7 Å². The number of unbranched alkanes of at least 4 members (excludes halogenated alkanes) is 6. The van der Waals surface area contributed by atoms with E-state index < -0.39 is 0 Å². The summed E-state index contributed by atoms with van der Waals surface area (Å²) in [7, 11) is 0. The Morgan fingerprint density at radius 2 is 1.29 bits per heavy atom. The molecule has 0 spiro atoms. The highest BCUT2D eigenvalue weighted by atomic mass is 32.1. The van der Waals surface area contributed by atoms with Crippen molar-refractivity contribution in [2.45, 2.75) is 98.8 Å². The quantitative estimate of drug-likeness (QED) is 0.240. The van der Waals surface area contributed by atoms with Gasteiger partial charge in [0.05, 0.1) is 0 Å². The molecule has 0 atom stereocenters. The van der Waals surface area contributed by atoms with Crippen LogP contribution in [0.5, 0.6) is 0 Å². The SMILES string of the molecule is CCCCCCc1ccsc1-c1sc(-c2c(C)cc(C)cc2C)cc1CCCCCC. The third-order valence-corrected chi connectivity index (χ3v) is 8.60. The Balaban J connectivity index is 1.95. The monoisotopic (exact) mass is 452 g/mol. The summed E-state index contributed by atoms with van der Waals surface area (Å²) in [6, 6.07) is 9.59. The lowest BCUT2D eigenvalue weighted by Crippen LogP contribution is -1.89. The van der Waals surface area contributed by atoms with Crippen molar-refractivity contribution in [1.82, 2.24) is 0 Å². The predicted octanol–water partition coefficient (Wildman–Crippen LogP) is 10.3. The highest BCUT2D eigenvalue weighted by Gasteiger charge is 2.18. The van der Waals surface area contributed by atoms with E-state index in [9.17, 15) is 0 Å². The van der Waals surface area contributed by atoms with E-state index in [0.29, 0.717) is 0 Å². The van der Waals surface area contributed by atoms with Crippen molar-refractivity contribution in [2.75, 3.05) is 0 Å². The Morgan fingerprint density at radius 1 is 0.677 bits per heavy atom. The summed E-state index contributed by atoms with van der Waals surface area (Å²) in [5.41, 5.74) is 8.79. The van der Waals surface area contributed by atoms with Gasteiger partial charge in [0, 0.05) is 14.6 Å². The Hall–Kier alpha value is -1.38. The van der Waals surface area contributed by atoms with Gasteiger partial charge in [0.25, 0.3) is 0 Å². The zero-order valence-corrected chi connectivity index (χ0v) is 21.9. The van der Waals surface area contributed by atoms with Gasteiger partial charge in [-0.1, -0.05) is 70.1 Å². The topological polar surface area (TPSA) is 0 Å². The van der Waals surface area contributed by atoms with Crippen LogP contribution >= 0.6 is 22.7 Å². The van der Waals surface area contributed by atoms with Crippen molar-refractivity contribution in [1.29, 1.82) is 0 Å². The Bertz CT molecular complexity index is 934. The first kappa shape index (κ1) is 24.3. The fraction of sp³-hybridized carbons (Fsp3) is 0.517. The molecule has 0 saturated carbocycles. The summed E-state index contributed by atoms with van der Waals surface area (Å²) in [4.78, 5) is 4.55. The maximum atomic E-state index is 2.52. The van der Waals surface area contributed by atoms with E-state index in [1.165, 1.54) is 91.3 Å². The summed E-state index contributed by atoms with van der Waals surface area (Å²) < 4.78 is 0. The number of thiophene rings is 2. The summed E-state index contributed by atoms with van der Waals surface area (Å²) in [6.45, 7) is 11.4. The molecule has 3 aromatic rings. The molecule has 2 heterocycles. The van der Waals surface area contributed by atoms with E-state index >= 15 is 0 Å². The molecule has 0 N–H and O–H groups in total. The number of hydrogen-bond acceptors (Lipinski definition) is 2. The van der Waals surface area contributed by atoms with Gasteiger partial charge in [0.2, 0.25) is 0 Å². The predicted molar refractivity (Wildman–Crippen MR) is 143 cm³/mol. The van der Waals surface area contributed by atoms with Gasteiger partial charge in [0.15, 0.2) is 0 Å². The Morgan fingerprint density at radius 3 is 1.90 bits per heavy atom.